The van der Waals surface area contributed by atoms with Gasteiger partial charge in [0.1, 0.15) is 11.6 Å². The molecule has 5 nitrogen and oxygen atoms in total. The van der Waals surface area contributed by atoms with Crippen LogP contribution in [0.2, 0.25) is 0 Å². The molecule has 0 saturated heterocycles. The number of thioether (sulfide) groups is 1. The summed E-state index contributed by atoms with van der Waals surface area (Å²) in [5, 5.41) is 10.3. The van der Waals surface area contributed by atoms with Crippen molar-refractivity contribution in [2.24, 2.45) is 0 Å². The molecule has 0 spiro atoms. The lowest BCUT2D eigenvalue weighted by Crippen LogP contribution is -2.15. The molecule has 2 aromatic carbocycles. The highest BCUT2D eigenvalue weighted by Crippen LogP contribution is 2.21. The first-order valence-electron chi connectivity index (χ1n) is 7.32. The Morgan fingerprint density at radius 3 is 2.72 bits per heavy atom. The fourth-order valence-corrected chi connectivity index (χ4v) is 2.75. The molecular weight excluding hydrogens is 346 g/mol. The smallest absolute Gasteiger partial charge is 0.278 e. The molecule has 1 aromatic heterocycles. The van der Waals surface area contributed by atoms with Crippen molar-refractivity contribution in [3.05, 3.63) is 65.5 Å². The molecule has 3 aromatic rings. The Morgan fingerprint density at radius 1 is 1.20 bits per heavy atom. The van der Waals surface area contributed by atoms with Crippen molar-refractivity contribution in [3.63, 3.8) is 0 Å². The van der Waals surface area contributed by atoms with Gasteiger partial charge < -0.3 is 5.32 Å². The van der Waals surface area contributed by atoms with Crippen LogP contribution in [0, 0.1) is 18.6 Å². The maximum atomic E-state index is 13.7. The van der Waals surface area contributed by atoms with Crippen LogP contribution >= 0.6 is 11.8 Å². The largest absolute Gasteiger partial charge is 0.318 e. The van der Waals surface area contributed by atoms with Gasteiger partial charge in [-0.15, -0.1) is 16.9 Å². The van der Waals surface area contributed by atoms with Gasteiger partial charge in [-0.3, -0.25) is 4.79 Å². The fraction of sp³-hybridized carbons (Fsp3) is 0.118. The summed E-state index contributed by atoms with van der Waals surface area (Å²) in [5.41, 5.74) is 1.23. The minimum absolute atomic E-state index is 0.0679. The third kappa shape index (κ3) is 3.53. The average Bonchev–Trinajstić information content (AvgIpc) is 2.99. The number of nitrogens with zero attached hydrogens (tertiary/aromatic N) is 3. The standard InChI is InChI=1S/C17H14F2N4OS/c1-10-16(17(24)20-15-7-6-11(18)8-14(15)19)21-22-23(10)12-4-3-5-13(9-12)25-2/h3-9H,1-2H3,(H,20,24). The van der Waals surface area contributed by atoms with E-state index in [1.807, 2.05) is 30.5 Å². The van der Waals surface area contributed by atoms with Crippen LogP contribution in [-0.2, 0) is 0 Å². The normalized spacial score (nSPS) is 10.7. The number of benzene rings is 2. The summed E-state index contributed by atoms with van der Waals surface area (Å²) in [6.45, 7) is 1.70. The van der Waals surface area contributed by atoms with Crippen molar-refractivity contribution in [3.8, 4) is 5.69 Å². The molecule has 0 saturated carbocycles. The summed E-state index contributed by atoms with van der Waals surface area (Å²) in [4.78, 5) is 13.4. The molecule has 0 aliphatic rings. The highest BCUT2D eigenvalue weighted by atomic mass is 32.2. The SMILES string of the molecule is CSc1cccc(-n2nnc(C(=O)Nc3ccc(F)cc3F)c2C)c1. The number of hydrogen-bond acceptors (Lipinski definition) is 4. The maximum absolute atomic E-state index is 13.7. The number of hydrogen-bond donors (Lipinski definition) is 1. The van der Waals surface area contributed by atoms with Crippen molar-refractivity contribution in [2.45, 2.75) is 11.8 Å². The van der Waals surface area contributed by atoms with E-state index in [1.165, 1.54) is 4.68 Å². The van der Waals surface area contributed by atoms with Gasteiger partial charge in [-0.05, 0) is 43.5 Å². The third-order valence-electron chi connectivity index (χ3n) is 3.59. The first kappa shape index (κ1) is 17.1. The molecule has 0 unspecified atom stereocenters. The highest BCUT2D eigenvalue weighted by molar-refractivity contribution is 7.98. The fourth-order valence-electron chi connectivity index (χ4n) is 2.30. The number of nitrogens with one attached hydrogen (secondary N) is 1. The number of amides is 1. The van der Waals surface area contributed by atoms with Crippen LogP contribution in [0.25, 0.3) is 5.69 Å². The number of carbonyl (C=O) groups is 1. The van der Waals surface area contributed by atoms with Gasteiger partial charge in [0.2, 0.25) is 0 Å². The summed E-state index contributed by atoms with van der Waals surface area (Å²) in [7, 11) is 0. The Labute approximate surface area is 147 Å². The highest BCUT2D eigenvalue weighted by Gasteiger charge is 2.19. The molecule has 1 N–H and O–H groups in total. The van der Waals surface area contributed by atoms with Gasteiger partial charge in [-0.25, -0.2) is 13.5 Å². The van der Waals surface area contributed by atoms with E-state index in [-0.39, 0.29) is 11.4 Å². The average molecular weight is 360 g/mol. The molecule has 8 heteroatoms. The summed E-state index contributed by atoms with van der Waals surface area (Å²) < 4.78 is 28.2. The van der Waals surface area contributed by atoms with E-state index < -0.39 is 17.5 Å². The van der Waals surface area contributed by atoms with E-state index in [9.17, 15) is 13.6 Å². The number of carbonyl (C=O) groups excluding carboxylic acids is 1. The van der Waals surface area contributed by atoms with Crippen molar-refractivity contribution >= 4 is 23.4 Å². The number of rotatable bonds is 4. The van der Waals surface area contributed by atoms with E-state index in [4.69, 9.17) is 0 Å². The van der Waals surface area contributed by atoms with Crippen LogP contribution in [0.3, 0.4) is 0 Å². The summed E-state index contributed by atoms with van der Waals surface area (Å²) in [6, 6.07) is 10.5. The topological polar surface area (TPSA) is 59.8 Å². The second kappa shape index (κ2) is 7.02. The van der Waals surface area contributed by atoms with Crippen molar-refractivity contribution in [1.82, 2.24) is 15.0 Å². The molecule has 25 heavy (non-hydrogen) atoms. The van der Waals surface area contributed by atoms with Gasteiger partial charge in [0.05, 0.1) is 17.1 Å². The van der Waals surface area contributed by atoms with E-state index in [1.54, 1.807) is 18.7 Å². The quantitative estimate of drug-likeness (QED) is 0.719. The van der Waals surface area contributed by atoms with Crippen LogP contribution in [-0.4, -0.2) is 27.2 Å². The summed E-state index contributed by atoms with van der Waals surface area (Å²) in [5.74, 6) is -2.19. The van der Waals surface area contributed by atoms with Gasteiger partial charge in [0.15, 0.2) is 5.69 Å². The van der Waals surface area contributed by atoms with E-state index >= 15 is 0 Å². The summed E-state index contributed by atoms with van der Waals surface area (Å²) in [6.07, 6.45) is 1.96. The minimum Gasteiger partial charge on any atom is -0.318 e. The van der Waals surface area contributed by atoms with Gasteiger partial charge in [-0.2, -0.15) is 0 Å². The Morgan fingerprint density at radius 2 is 2.00 bits per heavy atom. The molecular formula is C17H14F2N4OS. The monoisotopic (exact) mass is 360 g/mol. The molecule has 0 aliphatic carbocycles. The molecule has 0 radical (unpaired) electrons. The Kier molecular flexibility index (Phi) is 4.80. The first-order chi connectivity index (χ1) is 12.0. The lowest BCUT2D eigenvalue weighted by Gasteiger charge is -2.07. The zero-order chi connectivity index (χ0) is 18.0. The molecule has 0 bridgehead atoms. The molecule has 1 amide bonds. The zero-order valence-electron chi connectivity index (χ0n) is 13.5. The summed E-state index contributed by atoms with van der Waals surface area (Å²) >= 11 is 1.59. The number of anilines is 1. The molecule has 3 rings (SSSR count). The Balaban J connectivity index is 1.88. The van der Waals surface area contributed by atoms with Crippen LogP contribution in [0.15, 0.2) is 47.4 Å². The Bertz CT molecular complexity index is 942. The second-order valence-corrected chi connectivity index (χ2v) is 6.09. The minimum atomic E-state index is -0.855. The van der Waals surface area contributed by atoms with Gasteiger partial charge in [-0.1, -0.05) is 11.3 Å². The van der Waals surface area contributed by atoms with E-state index in [2.05, 4.69) is 15.6 Å². The van der Waals surface area contributed by atoms with Crippen molar-refractivity contribution in [2.75, 3.05) is 11.6 Å². The van der Waals surface area contributed by atoms with E-state index in [0.717, 1.165) is 22.7 Å². The molecule has 0 fully saturated rings. The van der Waals surface area contributed by atoms with Crippen LogP contribution in [0.1, 0.15) is 16.2 Å². The van der Waals surface area contributed by atoms with Crippen molar-refractivity contribution in [1.29, 1.82) is 0 Å². The van der Waals surface area contributed by atoms with Crippen LogP contribution in [0.4, 0.5) is 14.5 Å². The number of aromatic nitrogens is 3. The second-order valence-electron chi connectivity index (χ2n) is 5.22. The first-order valence-corrected chi connectivity index (χ1v) is 8.55. The lowest BCUT2D eigenvalue weighted by atomic mass is 10.2. The van der Waals surface area contributed by atoms with Crippen LogP contribution < -0.4 is 5.32 Å². The molecule has 0 aliphatic heterocycles. The van der Waals surface area contributed by atoms with E-state index in [0.29, 0.717) is 11.8 Å². The maximum Gasteiger partial charge on any atom is 0.278 e. The molecule has 128 valence electrons. The number of halogens is 2. The molecule has 0 atom stereocenters. The van der Waals surface area contributed by atoms with Crippen molar-refractivity contribution < 1.29 is 13.6 Å². The molecule has 1 heterocycles. The lowest BCUT2D eigenvalue weighted by molar-refractivity contribution is 0.102. The third-order valence-corrected chi connectivity index (χ3v) is 4.31. The predicted octanol–water partition coefficient (Wildman–Crippen LogP) is 3.83. The zero-order valence-corrected chi connectivity index (χ0v) is 14.3. The van der Waals surface area contributed by atoms with Gasteiger partial charge in [0.25, 0.3) is 5.91 Å². The van der Waals surface area contributed by atoms with Gasteiger partial charge in [0, 0.05) is 11.0 Å². The van der Waals surface area contributed by atoms with Gasteiger partial charge >= 0.3 is 0 Å². The Hall–Kier alpha value is -2.74. The van der Waals surface area contributed by atoms with Crippen LogP contribution in [0.5, 0.6) is 0 Å². The predicted molar refractivity (Wildman–Crippen MR) is 92.2 cm³/mol.